The Hall–Kier alpha value is -0.570. The minimum Gasteiger partial charge on any atom is -0.309 e. The van der Waals surface area contributed by atoms with E-state index in [9.17, 15) is 0 Å². The Labute approximate surface area is 121 Å². The molecule has 1 aromatic rings. The van der Waals surface area contributed by atoms with Crippen molar-refractivity contribution in [3.63, 3.8) is 0 Å². The second kappa shape index (κ2) is 5.08. The normalized spacial score (nSPS) is 27.4. The number of benzene rings is 1. The molecule has 1 unspecified atom stereocenters. The standard InChI is InChI=1S/C16H23ClN2/c1-16(2)11-19(15(9-18-16)13-6-7-13)10-12-4-3-5-14(17)8-12/h3-5,8,13,15,18H,6-7,9-11H2,1-2H3. The predicted molar refractivity (Wildman–Crippen MR) is 80.5 cm³/mol. The zero-order chi connectivity index (χ0) is 13.5. The lowest BCUT2D eigenvalue weighted by atomic mass is 9.96. The number of nitrogens with one attached hydrogen (secondary N) is 1. The summed E-state index contributed by atoms with van der Waals surface area (Å²) >= 11 is 6.10. The van der Waals surface area contributed by atoms with Gasteiger partial charge in [-0.25, -0.2) is 0 Å². The maximum Gasteiger partial charge on any atom is 0.0409 e. The lowest BCUT2D eigenvalue weighted by Crippen LogP contribution is -2.61. The number of rotatable bonds is 3. The summed E-state index contributed by atoms with van der Waals surface area (Å²) in [7, 11) is 0. The van der Waals surface area contributed by atoms with Crippen molar-refractivity contribution >= 4 is 11.6 Å². The molecule has 1 saturated heterocycles. The number of halogens is 1. The van der Waals surface area contributed by atoms with Crippen LogP contribution in [0.3, 0.4) is 0 Å². The molecular weight excluding hydrogens is 256 g/mol. The maximum atomic E-state index is 6.10. The van der Waals surface area contributed by atoms with Gasteiger partial charge in [-0.05, 0) is 50.3 Å². The van der Waals surface area contributed by atoms with E-state index in [1.807, 2.05) is 6.07 Å². The third-order valence-corrected chi connectivity index (χ3v) is 4.53. The third-order valence-electron chi connectivity index (χ3n) is 4.30. The minimum absolute atomic E-state index is 0.212. The van der Waals surface area contributed by atoms with Crippen LogP contribution in [-0.4, -0.2) is 29.6 Å². The monoisotopic (exact) mass is 278 g/mol. The van der Waals surface area contributed by atoms with Crippen molar-refractivity contribution in [3.8, 4) is 0 Å². The van der Waals surface area contributed by atoms with E-state index in [1.54, 1.807) is 0 Å². The van der Waals surface area contributed by atoms with Gasteiger partial charge < -0.3 is 5.32 Å². The van der Waals surface area contributed by atoms with Gasteiger partial charge in [0.15, 0.2) is 0 Å². The Morgan fingerprint density at radius 3 is 2.84 bits per heavy atom. The van der Waals surface area contributed by atoms with Crippen LogP contribution in [0, 0.1) is 5.92 Å². The fourth-order valence-corrected chi connectivity index (χ4v) is 3.39. The van der Waals surface area contributed by atoms with Crippen molar-refractivity contribution in [2.24, 2.45) is 5.92 Å². The van der Waals surface area contributed by atoms with Crippen molar-refractivity contribution in [3.05, 3.63) is 34.9 Å². The number of nitrogens with zero attached hydrogens (tertiary/aromatic N) is 1. The molecular formula is C16H23ClN2. The van der Waals surface area contributed by atoms with Crippen molar-refractivity contribution in [2.75, 3.05) is 13.1 Å². The van der Waals surface area contributed by atoms with E-state index in [1.165, 1.54) is 18.4 Å². The van der Waals surface area contributed by atoms with Crippen LogP contribution in [0.25, 0.3) is 0 Å². The van der Waals surface area contributed by atoms with E-state index in [0.29, 0.717) is 6.04 Å². The van der Waals surface area contributed by atoms with Crippen LogP contribution in [0.1, 0.15) is 32.3 Å². The largest absolute Gasteiger partial charge is 0.309 e. The quantitative estimate of drug-likeness (QED) is 0.913. The second-order valence-corrected chi connectivity index (χ2v) is 7.14. The van der Waals surface area contributed by atoms with Crippen molar-refractivity contribution in [1.82, 2.24) is 10.2 Å². The first-order valence-corrected chi connectivity index (χ1v) is 7.65. The molecule has 3 rings (SSSR count). The van der Waals surface area contributed by atoms with Gasteiger partial charge >= 0.3 is 0 Å². The summed E-state index contributed by atoms with van der Waals surface area (Å²) in [6, 6.07) is 8.99. The van der Waals surface area contributed by atoms with Gasteiger partial charge in [0.05, 0.1) is 0 Å². The lowest BCUT2D eigenvalue weighted by Gasteiger charge is -2.45. The molecule has 1 N–H and O–H groups in total. The fraction of sp³-hybridized carbons (Fsp3) is 0.625. The van der Waals surface area contributed by atoms with Crippen LogP contribution in [0.4, 0.5) is 0 Å². The smallest absolute Gasteiger partial charge is 0.0409 e. The summed E-state index contributed by atoms with van der Waals surface area (Å²) in [6.07, 6.45) is 2.80. The van der Waals surface area contributed by atoms with Crippen LogP contribution in [-0.2, 0) is 6.54 Å². The molecule has 104 valence electrons. The van der Waals surface area contributed by atoms with Gasteiger partial charge in [-0.2, -0.15) is 0 Å². The van der Waals surface area contributed by atoms with Gasteiger partial charge in [-0.1, -0.05) is 23.7 Å². The van der Waals surface area contributed by atoms with Crippen LogP contribution in [0.5, 0.6) is 0 Å². The Bertz CT molecular complexity index is 454. The SMILES string of the molecule is CC1(C)CN(Cc2cccc(Cl)c2)C(C2CC2)CN1. The van der Waals surface area contributed by atoms with E-state index in [2.05, 4.69) is 42.3 Å². The predicted octanol–water partition coefficient (Wildman–Crippen LogP) is 3.30. The first-order chi connectivity index (χ1) is 9.03. The first kappa shape index (κ1) is 13.4. The highest BCUT2D eigenvalue weighted by Gasteiger charge is 2.40. The number of piperazine rings is 1. The van der Waals surface area contributed by atoms with Gasteiger partial charge in [0.2, 0.25) is 0 Å². The highest BCUT2D eigenvalue weighted by Crippen LogP contribution is 2.37. The van der Waals surface area contributed by atoms with Crippen LogP contribution >= 0.6 is 11.6 Å². The number of hydrogen-bond donors (Lipinski definition) is 1. The molecule has 2 aliphatic rings. The van der Waals surface area contributed by atoms with E-state index >= 15 is 0 Å². The fourth-order valence-electron chi connectivity index (χ4n) is 3.18. The molecule has 3 heteroatoms. The maximum absolute atomic E-state index is 6.10. The van der Waals surface area contributed by atoms with Gasteiger partial charge in [0.1, 0.15) is 0 Å². The average molecular weight is 279 g/mol. The van der Waals surface area contributed by atoms with Crippen LogP contribution in [0.15, 0.2) is 24.3 Å². The third kappa shape index (κ3) is 3.31. The van der Waals surface area contributed by atoms with Gasteiger partial charge in [-0.3, -0.25) is 4.90 Å². The highest BCUT2D eigenvalue weighted by molar-refractivity contribution is 6.30. The molecule has 2 nitrogen and oxygen atoms in total. The van der Waals surface area contributed by atoms with Crippen molar-refractivity contribution in [2.45, 2.75) is 44.8 Å². The molecule has 1 aliphatic heterocycles. The summed E-state index contributed by atoms with van der Waals surface area (Å²) < 4.78 is 0. The van der Waals surface area contributed by atoms with Crippen LogP contribution in [0.2, 0.25) is 5.02 Å². The Morgan fingerprint density at radius 2 is 2.16 bits per heavy atom. The van der Waals surface area contributed by atoms with Crippen LogP contribution < -0.4 is 5.32 Å². The van der Waals surface area contributed by atoms with E-state index < -0.39 is 0 Å². The number of hydrogen-bond acceptors (Lipinski definition) is 2. The van der Waals surface area contributed by atoms with Crippen molar-refractivity contribution < 1.29 is 0 Å². The highest BCUT2D eigenvalue weighted by atomic mass is 35.5. The van der Waals surface area contributed by atoms with Gasteiger partial charge in [-0.15, -0.1) is 0 Å². The molecule has 0 bridgehead atoms. The zero-order valence-corrected chi connectivity index (χ0v) is 12.6. The molecule has 1 saturated carbocycles. The molecule has 19 heavy (non-hydrogen) atoms. The van der Waals surface area contributed by atoms with Gasteiger partial charge in [0.25, 0.3) is 0 Å². The Kier molecular flexibility index (Phi) is 3.59. The molecule has 1 atom stereocenters. The topological polar surface area (TPSA) is 15.3 Å². The summed E-state index contributed by atoms with van der Waals surface area (Å²) in [5.41, 5.74) is 1.54. The molecule has 1 aliphatic carbocycles. The molecule has 0 aromatic heterocycles. The average Bonchev–Trinajstić information content (AvgIpc) is 3.12. The molecule has 1 aromatic carbocycles. The van der Waals surface area contributed by atoms with E-state index in [0.717, 1.165) is 30.6 Å². The Morgan fingerprint density at radius 1 is 1.37 bits per heavy atom. The second-order valence-electron chi connectivity index (χ2n) is 6.70. The van der Waals surface area contributed by atoms with Crippen molar-refractivity contribution in [1.29, 1.82) is 0 Å². The molecule has 2 fully saturated rings. The molecule has 0 spiro atoms. The lowest BCUT2D eigenvalue weighted by molar-refractivity contribution is 0.0759. The summed E-state index contributed by atoms with van der Waals surface area (Å²) in [5.74, 6) is 0.905. The molecule has 0 amide bonds. The summed E-state index contributed by atoms with van der Waals surface area (Å²) in [5, 5.41) is 4.53. The Balaban J connectivity index is 1.75. The first-order valence-electron chi connectivity index (χ1n) is 7.27. The molecule has 1 heterocycles. The minimum atomic E-state index is 0.212. The summed E-state index contributed by atoms with van der Waals surface area (Å²) in [4.78, 5) is 2.65. The molecule has 0 radical (unpaired) electrons. The van der Waals surface area contributed by atoms with E-state index in [4.69, 9.17) is 11.6 Å². The zero-order valence-electron chi connectivity index (χ0n) is 11.8. The van der Waals surface area contributed by atoms with Gasteiger partial charge in [0, 0.05) is 36.2 Å². The van der Waals surface area contributed by atoms with E-state index in [-0.39, 0.29) is 5.54 Å². The summed E-state index contributed by atoms with van der Waals surface area (Å²) in [6.45, 7) is 7.84.